The van der Waals surface area contributed by atoms with E-state index in [4.69, 9.17) is 4.74 Å². The molecule has 0 aliphatic carbocycles. The SMILES string of the molecule is CC1(C)CN(c2ncccc2C(=O)O)CC(CO)O1. The van der Waals surface area contributed by atoms with Gasteiger partial charge in [-0.3, -0.25) is 0 Å². The largest absolute Gasteiger partial charge is 0.478 e. The summed E-state index contributed by atoms with van der Waals surface area (Å²) in [6.45, 7) is 4.67. The van der Waals surface area contributed by atoms with Crippen molar-refractivity contribution in [1.29, 1.82) is 0 Å². The third kappa shape index (κ3) is 3.02. The van der Waals surface area contributed by atoms with Gasteiger partial charge in [-0.15, -0.1) is 0 Å². The number of anilines is 1. The quantitative estimate of drug-likeness (QED) is 0.840. The van der Waals surface area contributed by atoms with Crippen molar-refractivity contribution in [3.8, 4) is 0 Å². The number of carboxylic acids is 1. The van der Waals surface area contributed by atoms with E-state index in [1.54, 1.807) is 12.3 Å². The zero-order chi connectivity index (χ0) is 14.0. The molecule has 1 aliphatic rings. The zero-order valence-corrected chi connectivity index (χ0v) is 11.0. The van der Waals surface area contributed by atoms with Gasteiger partial charge in [-0.25, -0.2) is 9.78 Å². The Morgan fingerprint density at radius 3 is 3.00 bits per heavy atom. The first-order chi connectivity index (χ1) is 8.93. The molecule has 2 heterocycles. The molecule has 0 bridgehead atoms. The Kier molecular flexibility index (Phi) is 3.73. The Hall–Kier alpha value is -1.66. The van der Waals surface area contributed by atoms with Crippen molar-refractivity contribution in [1.82, 2.24) is 4.98 Å². The highest BCUT2D eigenvalue weighted by molar-refractivity contribution is 5.93. The highest BCUT2D eigenvalue weighted by Gasteiger charge is 2.34. The predicted molar refractivity (Wildman–Crippen MR) is 69.4 cm³/mol. The summed E-state index contributed by atoms with van der Waals surface area (Å²) in [4.78, 5) is 17.3. The van der Waals surface area contributed by atoms with Gasteiger partial charge >= 0.3 is 5.97 Å². The second-order valence-electron chi connectivity index (χ2n) is 5.24. The summed E-state index contributed by atoms with van der Waals surface area (Å²) in [7, 11) is 0. The van der Waals surface area contributed by atoms with E-state index in [0.29, 0.717) is 18.9 Å². The molecule has 19 heavy (non-hydrogen) atoms. The van der Waals surface area contributed by atoms with Crippen LogP contribution < -0.4 is 4.90 Å². The Labute approximate surface area is 111 Å². The van der Waals surface area contributed by atoms with Crippen molar-refractivity contribution >= 4 is 11.8 Å². The maximum absolute atomic E-state index is 11.2. The summed E-state index contributed by atoms with van der Waals surface area (Å²) in [5.74, 6) is -0.585. The number of aliphatic hydroxyl groups excluding tert-OH is 1. The van der Waals surface area contributed by atoms with E-state index in [9.17, 15) is 15.0 Å². The minimum Gasteiger partial charge on any atom is -0.478 e. The summed E-state index contributed by atoms with van der Waals surface area (Å²) < 4.78 is 5.71. The molecular formula is C13H18N2O4. The van der Waals surface area contributed by atoms with Gasteiger partial charge in [0.1, 0.15) is 11.4 Å². The van der Waals surface area contributed by atoms with Crippen LogP contribution in [0.15, 0.2) is 18.3 Å². The lowest BCUT2D eigenvalue weighted by atomic mass is 10.0. The lowest BCUT2D eigenvalue weighted by Crippen LogP contribution is -2.54. The molecule has 0 amide bonds. The molecule has 0 aromatic carbocycles. The van der Waals surface area contributed by atoms with E-state index < -0.39 is 11.6 Å². The minimum absolute atomic E-state index is 0.102. The van der Waals surface area contributed by atoms with E-state index >= 15 is 0 Å². The molecule has 1 saturated heterocycles. The Morgan fingerprint density at radius 2 is 2.37 bits per heavy atom. The van der Waals surface area contributed by atoms with Gasteiger partial charge in [0, 0.05) is 19.3 Å². The molecule has 6 nitrogen and oxygen atoms in total. The fraction of sp³-hybridized carbons (Fsp3) is 0.538. The molecule has 0 spiro atoms. The van der Waals surface area contributed by atoms with Crippen LogP contribution in [-0.4, -0.2) is 52.6 Å². The first-order valence-corrected chi connectivity index (χ1v) is 6.15. The topological polar surface area (TPSA) is 82.9 Å². The summed E-state index contributed by atoms with van der Waals surface area (Å²) in [5.41, 5.74) is -0.296. The first-order valence-electron chi connectivity index (χ1n) is 6.15. The molecule has 104 valence electrons. The van der Waals surface area contributed by atoms with E-state index in [-0.39, 0.29) is 18.3 Å². The third-order valence-corrected chi connectivity index (χ3v) is 3.00. The van der Waals surface area contributed by atoms with Crippen molar-refractivity contribution < 1.29 is 19.7 Å². The van der Waals surface area contributed by atoms with E-state index in [1.807, 2.05) is 18.7 Å². The number of carbonyl (C=O) groups is 1. The van der Waals surface area contributed by atoms with Gasteiger partial charge < -0.3 is 19.8 Å². The van der Waals surface area contributed by atoms with Crippen LogP contribution in [0.4, 0.5) is 5.82 Å². The molecule has 0 saturated carbocycles. The number of pyridine rings is 1. The fourth-order valence-electron chi connectivity index (χ4n) is 2.37. The second kappa shape index (κ2) is 5.14. The Bertz CT molecular complexity index is 475. The zero-order valence-electron chi connectivity index (χ0n) is 11.0. The van der Waals surface area contributed by atoms with Gasteiger partial charge in [0.05, 0.1) is 18.3 Å². The molecule has 6 heteroatoms. The number of hydrogen-bond acceptors (Lipinski definition) is 5. The van der Waals surface area contributed by atoms with Crippen molar-refractivity contribution in [3.05, 3.63) is 23.9 Å². The van der Waals surface area contributed by atoms with Crippen molar-refractivity contribution in [2.24, 2.45) is 0 Å². The average molecular weight is 266 g/mol. The number of ether oxygens (including phenoxy) is 1. The highest BCUT2D eigenvalue weighted by atomic mass is 16.5. The Morgan fingerprint density at radius 1 is 1.63 bits per heavy atom. The smallest absolute Gasteiger partial charge is 0.339 e. The maximum Gasteiger partial charge on any atom is 0.339 e. The van der Waals surface area contributed by atoms with E-state index in [0.717, 1.165) is 0 Å². The number of morpholine rings is 1. The summed E-state index contributed by atoms with van der Waals surface area (Å²) in [6, 6.07) is 3.13. The van der Waals surface area contributed by atoms with Gasteiger partial charge in [0.2, 0.25) is 0 Å². The average Bonchev–Trinajstić information content (AvgIpc) is 2.36. The summed E-state index contributed by atoms with van der Waals surface area (Å²) in [6.07, 6.45) is 1.23. The molecule has 1 aromatic heterocycles. The number of nitrogens with zero attached hydrogens (tertiary/aromatic N) is 2. The number of aromatic carboxylic acids is 1. The molecular weight excluding hydrogens is 248 g/mol. The third-order valence-electron chi connectivity index (χ3n) is 3.00. The van der Waals surface area contributed by atoms with Crippen LogP contribution in [0.2, 0.25) is 0 Å². The number of rotatable bonds is 3. The molecule has 0 radical (unpaired) electrons. The molecule has 1 atom stereocenters. The van der Waals surface area contributed by atoms with Gasteiger partial charge in [0.15, 0.2) is 0 Å². The van der Waals surface area contributed by atoms with Crippen LogP contribution in [0.25, 0.3) is 0 Å². The lowest BCUT2D eigenvalue weighted by molar-refractivity contribution is -0.101. The predicted octanol–water partition coefficient (Wildman–Crippen LogP) is 0.756. The number of aliphatic hydroxyl groups is 1. The number of aromatic nitrogens is 1. The summed E-state index contributed by atoms with van der Waals surface area (Å²) >= 11 is 0. The molecule has 2 N–H and O–H groups in total. The van der Waals surface area contributed by atoms with Crippen molar-refractivity contribution in [3.63, 3.8) is 0 Å². The highest BCUT2D eigenvalue weighted by Crippen LogP contribution is 2.26. The molecule has 1 aliphatic heterocycles. The molecule has 1 unspecified atom stereocenters. The molecule has 1 aromatic rings. The normalized spacial score (nSPS) is 22.3. The summed E-state index contributed by atoms with van der Waals surface area (Å²) in [5, 5.41) is 18.5. The number of carboxylic acid groups (broad SMARTS) is 1. The van der Waals surface area contributed by atoms with E-state index in [2.05, 4.69) is 4.98 Å². The van der Waals surface area contributed by atoms with Gasteiger partial charge in [-0.1, -0.05) is 0 Å². The van der Waals surface area contributed by atoms with Gasteiger partial charge in [0.25, 0.3) is 0 Å². The van der Waals surface area contributed by atoms with E-state index in [1.165, 1.54) is 6.07 Å². The monoisotopic (exact) mass is 266 g/mol. The Balaban J connectivity index is 2.33. The minimum atomic E-state index is -1.01. The van der Waals surface area contributed by atoms with Crippen LogP contribution in [0, 0.1) is 0 Å². The van der Waals surface area contributed by atoms with Gasteiger partial charge in [-0.05, 0) is 26.0 Å². The standard InChI is InChI=1S/C13H18N2O4/c1-13(2)8-15(6-9(7-16)19-13)11-10(12(17)18)4-3-5-14-11/h3-5,9,16H,6-8H2,1-2H3,(H,17,18). The lowest BCUT2D eigenvalue weighted by Gasteiger charge is -2.43. The van der Waals surface area contributed by atoms with Gasteiger partial charge in [-0.2, -0.15) is 0 Å². The molecule has 2 rings (SSSR count). The van der Waals surface area contributed by atoms with Crippen LogP contribution in [0.1, 0.15) is 24.2 Å². The first kappa shape index (κ1) is 13.8. The second-order valence-corrected chi connectivity index (χ2v) is 5.24. The van der Waals surface area contributed by atoms with Crippen molar-refractivity contribution in [2.75, 3.05) is 24.6 Å². The van der Waals surface area contributed by atoms with Crippen LogP contribution >= 0.6 is 0 Å². The number of hydrogen-bond donors (Lipinski definition) is 2. The van der Waals surface area contributed by atoms with Crippen LogP contribution in [0.3, 0.4) is 0 Å². The van der Waals surface area contributed by atoms with Crippen LogP contribution in [0.5, 0.6) is 0 Å². The maximum atomic E-state index is 11.2. The van der Waals surface area contributed by atoms with Crippen molar-refractivity contribution in [2.45, 2.75) is 25.6 Å². The fourth-order valence-corrected chi connectivity index (χ4v) is 2.37. The molecule has 1 fully saturated rings. The van der Waals surface area contributed by atoms with Crippen LogP contribution in [-0.2, 0) is 4.74 Å².